The van der Waals surface area contributed by atoms with Crippen molar-refractivity contribution in [1.82, 2.24) is 9.97 Å². The average molecular weight is 400 g/mol. The number of halogens is 3. The number of anilines is 4. The molecule has 0 spiro atoms. The molecule has 29 heavy (non-hydrogen) atoms. The number of hydrogen-bond acceptors (Lipinski definition) is 4. The molecule has 4 nitrogen and oxygen atoms in total. The second kappa shape index (κ2) is 8.94. The van der Waals surface area contributed by atoms with Gasteiger partial charge < -0.3 is 10.6 Å². The highest BCUT2D eigenvalue weighted by atomic mass is 19.4. The summed E-state index contributed by atoms with van der Waals surface area (Å²) in [7, 11) is 0. The molecule has 0 unspecified atom stereocenters. The Hall–Kier alpha value is -3.09. The summed E-state index contributed by atoms with van der Waals surface area (Å²) in [6, 6.07) is 14.8. The predicted molar refractivity (Wildman–Crippen MR) is 110 cm³/mol. The van der Waals surface area contributed by atoms with Gasteiger partial charge in [0, 0.05) is 17.6 Å². The van der Waals surface area contributed by atoms with Crippen LogP contribution in [-0.4, -0.2) is 9.97 Å². The minimum Gasteiger partial charge on any atom is -0.340 e. The zero-order valence-electron chi connectivity index (χ0n) is 16.3. The summed E-state index contributed by atoms with van der Waals surface area (Å²) < 4.78 is 40.4. The van der Waals surface area contributed by atoms with Gasteiger partial charge in [0.25, 0.3) is 0 Å². The van der Waals surface area contributed by atoms with Gasteiger partial charge in [-0.05, 0) is 55.2 Å². The minimum absolute atomic E-state index is 0.0910. The number of nitrogens with zero attached hydrogens (tertiary/aromatic N) is 2. The fourth-order valence-corrected chi connectivity index (χ4v) is 2.92. The van der Waals surface area contributed by atoms with Crippen molar-refractivity contribution in [3.05, 3.63) is 71.4 Å². The molecule has 0 aliphatic rings. The number of rotatable bonds is 7. The summed E-state index contributed by atoms with van der Waals surface area (Å²) in [6.07, 6.45) is -0.814. The molecule has 0 bridgehead atoms. The Morgan fingerprint density at radius 2 is 1.69 bits per heavy atom. The predicted octanol–water partition coefficient (Wildman–Crippen LogP) is 6.63. The van der Waals surface area contributed by atoms with Crippen molar-refractivity contribution in [3.63, 3.8) is 0 Å². The number of hydrogen-bond donors (Lipinski definition) is 2. The lowest BCUT2D eigenvalue weighted by atomic mass is 10.1. The van der Waals surface area contributed by atoms with Gasteiger partial charge in [-0.1, -0.05) is 37.6 Å². The number of aromatic nitrogens is 2. The lowest BCUT2D eigenvalue weighted by molar-refractivity contribution is -0.137. The Balaban J connectivity index is 1.90. The first-order valence-corrected chi connectivity index (χ1v) is 9.49. The number of benzene rings is 2. The smallest absolute Gasteiger partial charge is 0.340 e. The van der Waals surface area contributed by atoms with Gasteiger partial charge in [-0.25, -0.2) is 4.98 Å². The van der Waals surface area contributed by atoms with Crippen molar-refractivity contribution in [2.75, 3.05) is 10.6 Å². The van der Waals surface area contributed by atoms with Crippen LogP contribution in [0.15, 0.2) is 54.7 Å². The zero-order chi connectivity index (χ0) is 20.9. The van der Waals surface area contributed by atoms with Gasteiger partial charge in [0.1, 0.15) is 11.4 Å². The number of alkyl halides is 3. The second-order valence-electron chi connectivity index (χ2n) is 6.88. The normalized spacial score (nSPS) is 11.3. The van der Waals surface area contributed by atoms with Crippen LogP contribution in [0.2, 0.25) is 0 Å². The first-order chi connectivity index (χ1) is 13.8. The Kier molecular flexibility index (Phi) is 6.36. The molecule has 0 aliphatic heterocycles. The number of unbranched alkanes of at least 4 members (excludes halogenated alkanes) is 1. The molecule has 1 heterocycles. The zero-order valence-corrected chi connectivity index (χ0v) is 16.3. The Morgan fingerprint density at radius 3 is 2.38 bits per heavy atom. The topological polar surface area (TPSA) is 49.8 Å². The van der Waals surface area contributed by atoms with Gasteiger partial charge >= 0.3 is 6.18 Å². The fourth-order valence-electron chi connectivity index (χ4n) is 2.92. The molecule has 2 N–H and O–H groups in total. The van der Waals surface area contributed by atoms with Crippen LogP contribution in [-0.2, 0) is 12.6 Å². The summed E-state index contributed by atoms with van der Waals surface area (Å²) in [5.74, 6) is -0.191. The van der Waals surface area contributed by atoms with E-state index in [0.29, 0.717) is 11.4 Å². The Labute approximate surface area is 168 Å². The lowest BCUT2D eigenvalue weighted by Gasteiger charge is -2.15. The SMILES string of the molecule is CCCCc1cccc(Nc2nc(Nc3cccc(C)c3)ncc2C(F)(F)F)c1. The summed E-state index contributed by atoms with van der Waals surface area (Å²) in [5, 5.41) is 5.78. The van der Waals surface area contributed by atoms with Gasteiger partial charge in [-0.2, -0.15) is 18.2 Å². The average Bonchev–Trinajstić information content (AvgIpc) is 2.66. The van der Waals surface area contributed by atoms with Crippen LogP contribution < -0.4 is 10.6 Å². The molecule has 152 valence electrons. The highest BCUT2D eigenvalue weighted by Crippen LogP contribution is 2.35. The van der Waals surface area contributed by atoms with Gasteiger partial charge in [0.05, 0.1) is 0 Å². The van der Waals surface area contributed by atoms with Crippen LogP contribution in [0.3, 0.4) is 0 Å². The minimum atomic E-state index is -4.57. The van der Waals surface area contributed by atoms with E-state index in [2.05, 4.69) is 27.5 Å². The highest BCUT2D eigenvalue weighted by molar-refractivity contribution is 5.63. The molecule has 0 atom stereocenters. The van der Waals surface area contributed by atoms with Crippen molar-refractivity contribution in [2.45, 2.75) is 39.3 Å². The highest BCUT2D eigenvalue weighted by Gasteiger charge is 2.35. The standard InChI is InChI=1S/C22H23F3N4/c1-3-4-8-16-9-6-11-18(13-16)27-20-19(22(23,24)25)14-26-21(29-20)28-17-10-5-7-15(2)12-17/h5-7,9-14H,3-4,8H2,1-2H3,(H2,26,27,28,29). The molecule has 7 heteroatoms. The van der Waals surface area contributed by atoms with Crippen molar-refractivity contribution >= 4 is 23.1 Å². The summed E-state index contributed by atoms with van der Waals surface area (Å²) in [6.45, 7) is 4.03. The largest absolute Gasteiger partial charge is 0.421 e. The molecule has 0 saturated carbocycles. The molecule has 0 fully saturated rings. The van der Waals surface area contributed by atoms with Crippen LogP contribution in [0.4, 0.5) is 36.3 Å². The molecule has 3 rings (SSSR count). The third-order valence-electron chi connectivity index (χ3n) is 4.38. The van der Waals surface area contributed by atoms with E-state index in [0.717, 1.165) is 36.6 Å². The van der Waals surface area contributed by atoms with E-state index in [4.69, 9.17) is 0 Å². The molecule has 0 radical (unpaired) electrons. The molecule has 0 saturated heterocycles. The Morgan fingerprint density at radius 1 is 0.966 bits per heavy atom. The lowest BCUT2D eigenvalue weighted by Crippen LogP contribution is -2.12. The van der Waals surface area contributed by atoms with Crippen LogP contribution in [0.1, 0.15) is 36.5 Å². The molecule has 2 aromatic carbocycles. The van der Waals surface area contributed by atoms with E-state index in [1.807, 2.05) is 43.3 Å². The summed E-state index contributed by atoms with van der Waals surface area (Å²) in [5.41, 5.74) is 2.44. The van der Waals surface area contributed by atoms with Gasteiger partial charge in [-0.3, -0.25) is 0 Å². The van der Waals surface area contributed by atoms with E-state index in [9.17, 15) is 13.2 Å². The van der Waals surface area contributed by atoms with E-state index in [1.165, 1.54) is 0 Å². The van der Waals surface area contributed by atoms with Gasteiger partial charge in [0.2, 0.25) is 5.95 Å². The fraction of sp³-hybridized carbons (Fsp3) is 0.273. The number of aryl methyl sites for hydroxylation is 2. The summed E-state index contributed by atoms with van der Waals surface area (Å²) in [4.78, 5) is 7.95. The maximum atomic E-state index is 13.5. The maximum absolute atomic E-state index is 13.5. The first kappa shape index (κ1) is 20.6. The third kappa shape index (κ3) is 5.70. The van der Waals surface area contributed by atoms with Gasteiger partial charge in [0.15, 0.2) is 0 Å². The molecule has 3 aromatic rings. The van der Waals surface area contributed by atoms with Crippen LogP contribution in [0.25, 0.3) is 0 Å². The van der Waals surface area contributed by atoms with E-state index in [1.54, 1.807) is 12.1 Å². The van der Waals surface area contributed by atoms with Crippen molar-refractivity contribution in [3.8, 4) is 0 Å². The molecular weight excluding hydrogens is 377 g/mol. The van der Waals surface area contributed by atoms with E-state index in [-0.39, 0.29) is 11.8 Å². The second-order valence-corrected chi connectivity index (χ2v) is 6.88. The van der Waals surface area contributed by atoms with Crippen LogP contribution >= 0.6 is 0 Å². The number of nitrogens with one attached hydrogen (secondary N) is 2. The van der Waals surface area contributed by atoms with Crippen molar-refractivity contribution in [1.29, 1.82) is 0 Å². The molecular formula is C22H23F3N4. The van der Waals surface area contributed by atoms with Crippen LogP contribution in [0.5, 0.6) is 0 Å². The monoisotopic (exact) mass is 400 g/mol. The van der Waals surface area contributed by atoms with Crippen molar-refractivity contribution in [2.24, 2.45) is 0 Å². The van der Waals surface area contributed by atoms with E-state index < -0.39 is 11.7 Å². The molecule has 0 amide bonds. The Bertz CT molecular complexity index is 970. The quantitative estimate of drug-likeness (QED) is 0.467. The molecule has 1 aromatic heterocycles. The van der Waals surface area contributed by atoms with Crippen molar-refractivity contribution < 1.29 is 13.2 Å². The van der Waals surface area contributed by atoms with Gasteiger partial charge in [-0.15, -0.1) is 0 Å². The molecule has 0 aliphatic carbocycles. The van der Waals surface area contributed by atoms with E-state index >= 15 is 0 Å². The maximum Gasteiger partial charge on any atom is 0.421 e. The third-order valence-corrected chi connectivity index (χ3v) is 4.38. The first-order valence-electron chi connectivity index (χ1n) is 9.49. The van der Waals surface area contributed by atoms with Crippen LogP contribution in [0, 0.1) is 6.92 Å². The summed E-state index contributed by atoms with van der Waals surface area (Å²) >= 11 is 0.